The second kappa shape index (κ2) is 5.40. The number of phenols is 1. The van der Waals surface area contributed by atoms with Gasteiger partial charge in [0.25, 0.3) is 5.91 Å². The summed E-state index contributed by atoms with van der Waals surface area (Å²) in [5, 5.41) is 13.2. The van der Waals surface area contributed by atoms with Crippen LogP contribution in [0.4, 0.5) is 10.1 Å². The summed E-state index contributed by atoms with van der Waals surface area (Å²) in [4.78, 5) is 11.2. The van der Waals surface area contributed by atoms with Crippen LogP contribution < -0.4 is 14.3 Å². The fourth-order valence-corrected chi connectivity index (χ4v) is 4.04. The van der Waals surface area contributed by atoms with Gasteiger partial charge in [0.1, 0.15) is 18.0 Å². The monoisotopic (exact) mass is 329 g/mol. The average molecular weight is 329 g/mol. The van der Waals surface area contributed by atoms with Crippen molar-refractivity contribution in [1.82, 2.24) is 10.0 Å². The molecular weight excluding hydrogens is 313 g/mol. The Balaban J connectivity index is 1.91. The second-order valence-corrected chi connectivity index (χ2v) is 7.14. The van der Waals surface area contributed by atoms with Gasteiger partial charge in [0.2, 0.25) is 0 Å². The zero-order chi connectivity index (χ0) is 15.9. The summed E-state index contributed by atoms with van der Waals surface area (Å²) >= 11 is 0. The lowest BCUT2D eigenvalue weighted by molar-refractivity contribution is -0.117. The van der Waals surface area contributed by atoms with E-state index in [9.17, 15) is 22.7 Å². The first-order valence-corrected chi connectivity index (χ1v) is 8.36. The van der Waals surface area contributed by atoms with Crippen molar-refractivity contribution >= 4 is 21.8 Å². The molecule has 0 aliphatic carbocycles. The van der Waals surface area contributed by atoms with Gasteiger partial charge in [-0.25, -0.2) is 13.4 Å². The van der Waals surface area contributed by atoms with Crippen LogP contribution in [0.5, 0.6) is 5.75 Å². The summed E-state index contributed by atoms with van der Waals surface area (Å²) in [7, 11) is -4.15. The van der Waals surface area contributed by atoms with E-state index < -0.39 is 39.9 Å². The Morgan fingerprint density at radius 1 is 1.41 bits per heavy atom. The van der Waals surface area contributed by atoms with Gasteiger partial charge in [-0.3, -0.25) is 4.79 Å². The zero-order valence-electron chi connectivity index (χ0n) is 11.7. The van der Waals surface area contributed by atoms with E-state index in [4.69, 9.17) is 0 Å². The zero-order valence-corrected chi connectivity index (χ0v) is 12.5. The third-order valence-corrected chi connectivity index (χ3v) is 5.24. The number of carbonyl (C=O) groups is 1. The number of rotatable bonds is 3. The molecule has 9 heteroatoms. The highest BCUT2D eigenvalue weighted by atomic mass is 32.2. The molecule has 0 saturated carbocycles. The van der Waals surface area contributed by atoms with E-state index >= 15 is 0 Å². The molecule has 120 valence electrons. The lowest BCUT2D eigenvalue weighted by Gasteiger charge is -2.18. The molecule has 1 unspecified atom stereocenters. The molecule has 2 aliphatic rings. The van der Waals surface area contributed by atoms with Crippen LogP contribution in [0.1, 0.15) is 12.0 Å². The predicted octanol–water partition coefficient (Wildman–Crippen LogP) is -0.136. The molecule has 2 heterocycles. The summed E-state index contributed by atoms with van der Waals surface area (Å²) in [5.74, 6) is -1.75. The van der Waals surface area contributed by atoms with Crippen LogP contribution in [0.25, 0.3) is 0 Å². The first-order chi connectivity index (χ1) is 10.4. The van der Waals surface area contributed by atoms with Gasteiger partial charge in [-0.05, 0) is 49.5 Å². The number of carbonyl (C=O) groups excluding carboxylic acids is 1. The average Bonchev–Trinajstić information content (AvgIpc) is 2.97. The lowest BCUT2D eigenvalue weighted by atomic mass is 9.98. The van der Waals surface area contributed by atoms with Gasteiger partial charge in [0.05, 0.1) is 0 Å². The summed E-state index contributed by atoms with van der Waals surface area (Å²) in [5.41, 5.74) is 0.106. The van der Waals surface area contributed by atoms with Crippen molar-refractivity contribution in [3.63, 3.8) is 0 Å². The van der Waals surface area contributed by atoms with Crippen molar-refractivity contribution in [1.29, 1.82) is 0 Å². The molecule has 0 aromatic heterocycles. The SMILES string of the molecule is O=C1CN(c2c(O)cc(CC3CCNC3)cc2F)S(=O)(=O)N1. The minimum Gasteiger partial charge on any atom is -0.506 e. The van der Waals surface area contributed by atoms with Gasteiger partial charge < -0.3 is 10.4 Å². The minimum atomic E-state index is -4.15. The molecule has 0 spiro atoms. The van der Waals surface area contributed by atoms with E-state index in [2.05, 4.69) is 5.32 Å². The summed E-state index contributed by atoms with van der Waals surface area (Å²) in [6.07, 6.45) is 1.57. The fourth-order valence-electron chi connectivity index (χ4n) is 2.87. The Labute approximate surface area is 127 Å². The van der Waals surface area contributed by atoms with E-state index in [1.807, 2.05) is 0 Å². The van der Waals surface area contributed by atoms with Crippen LogP contribution in [0, 0.1) is 11.7 Å². The Hall–Kier alpha value is -1.87. The Morgan fingerprint density at radius 3 is 2.73 bits per heavy atom. The lowest BCUT2D eigenvalue weighted by Crippen LogP contribution is -2.30. The quantitative estimate of drug-likeness (QED) is 0.717. The molecule has 1 aromatic rings. The maximum atomic E-state index is 14.3. The van der Waals surface area contributed by atoms with Crippen LogP contribution in [0.3, 0.4) is 0 Å². The van der Waals surface area contributed by atoms with Gasteiger partial charge in [0.15, 0.2) is 5.82 Å². The fraction of sp³-hybridized carbons (Fsp3) is 0.462. The first-order valence-electron chi connectivity index (χ1n) is 6.92. The molecule has 22 heavy (non-hydrogen) atoms. The molecule has 2 saturated heterocycles. The third-order valence-electron chi connectivity index (χ3n) is 3.86. The molecule has 1 amide bonds. The summed E-state index contributed by atoms with van der Waals surface area (Å²) in [6, 6.07) is 2.57. The summed E-state index contributed by atoms with van der Waals surface area (Å²) in [6.45, 7) is 1.21. The van der Waals surface area contributed by atoms with Gasteiger partial charge in [-0.15, -0.1) is 0 Å². The molecule has 1 atom stereocenters. The highest BCUT2D eigenvalue weighted by Crippen LogP contribution is 2.35. The molecule has 0 radical (unpaired) electrons. The standard InChI is InChI=1S/C13H16FN3O4S/c14-10-4-9(3-8-1-2-15-6-8)5-11(18)13(10)17-7-12(19)16-22(17,20)21/h4-5,8,15,18H,1-3,6-7H2,(H,16,19). The van der Waals surface area contributed by atoms with E-state index in [1.54, 1.807) is 4.72 Å². The van der Waals surface area contributed by atoms with Crippen molar-refractivity contribution in [2.75, 3.05) is 23.9 Å². The molecule has 2 aliphatic heterocycles. The number of hydrogen-bond acceptors (Lipinski definition) is 5. The van der Waals surface area contributed by atoms with Gasteiger partial charge in [0, 0.05) is 0 Å². The van der Waals surface area contributed by atoms with Crippen LogP contribution in [-0.4, -0.2) is 39.1 Å². The highest BCUT2D eigenvalue weighted by molar-refractivity contribution is 7.92. The second-order valence-electron chi connectivity index (χ2n) is 5.55. The Morgan fingerprint density at radius 2 is 2.18 bits per heavy atom. The largest absolute Gasteiger partial charge is 0.506 e. The number of anilines is 1. The van der Waals surface area contributed by atoms with Crippen LogP contribution in [-0.2, 0) is 21.4 Å². The third kappa shape index (κ3) is 2.73. The highest BCUT2D eigenvalue weighted by Gasteiger charge is 2.37. The smallest absolute Gasteiger partial charge is 0.326 e. The molecule has 3 rings (SSSR count). The van der Waals surface area contributed by atoms with Crippen LogP contribution >= 0.6 is 0 Å². The summed E-state index contributed by atoms with van der Waals surface area (Å²) < 4.78 is 40.1. The molecule has 7 nitrogen and oxygen atoms in total. The van der Waals surface area contributed by atoms with E-state index in [1.165, 1.54) is 12.1 Å². The number of hydrogen-bond donors (Lipinski definition) is 3. The van der Waals surface area contributed by atoms with E-state index in [0.717, 1.165) is 19.5 Å². The topological polar surface area (TPSA) is 98.7 Å². The molecular formula is C13H16FN3O4S. The number of aromatic hydroxyl groups is 1. The number of benzene rings is 1. The Bertz CT molecular complexity index is 693. The Kier molecular flexibility index (Phi) is 3.69. The van der Waals surface area contributed by atoms with Gasteiger partial charge in [-0.2, -0.15) is 8.42 Å². The number of phenolic OH excluding ortho intramolecular Hbond substituents is 1. The van der Waals surface area contributed by atoms with Gasteiger partial charge >= 0.3 is 10.2 Å². The van der Waals surface area contributed by atoms with Crippen molar-refractivity contribution in [3.8, 4) is 5.75 Å². The van der Waals surface area contributed by atoms with E-state index in [-0.39, 0.29) is 0 Å². The first kappa shape index (κ1) is 15.0. The van der Waals surface area contributed by atoms with Crippen molar-refractivity contribution < 1.29 is 22.7 Å². The van der Waals surface area contributed by atoms with Crippen LogP contribution in [0.15, 0.2) is 12.1 Å². The van der Waals surface area contributed by atoms with E-state index in [0.29, 0.717) is 22.2 Å². The van der Waals surface area contributed by atoms with Crippen LogP contribution in [0.2, 0.25) is 0 Å². The molecule has 2 fully saturated rings. The van der Waals surface area contributed by atoms with Crippen molar-refractivity contribution in [3.05, 3.63) is 23.5 Å². The molecule has 1 aromatic carbocycles. The maximum absolute atomic E-state index is 14.3. The van der Waals surface area contributed by atoms with Gasteiger partial charge in [-0.1, -0.05) is 0 Å². The molecule has 3 N–H and O–H groups in total. The van der Waals surface area contributed by atoms with Crippen molar-refractivity contribution in [2.24, 2.45) is 5.92 Å². The minimum absolute atomic E-state index is 0.364. The maximum Gasteiger partial charge on any atom is 0.326 e. The number of nitrogens with zero attached hydrogens (tertiary/aromatic N) is 1. The predicted molar refractivity (Wildman–Crippen MR) is 77.2 cm³/mol. The number of nitrogens with one attached hydrogen (secondary N) is 2. The normalized spacial score (nSPS) is 23.8. The van der Waals surface area contributed by atoms with Crippen molar-refractivity contribution in [2.45, 2.75) is 12.8 Å². The number of amides is 1. The number of halogens is 1. The molecule has 0 bridgehead atoms.